The minimum absolute atomic E-state index is 0.00188. The number of ether oxygens (including phenoxy) is 1. The van der Waals surface area contributed by atoms with Crippen LogP contribution in [0.3, 0.4) is 0 Å². The first kappa shape index (κ1) is 28.4. The van der Waals surface area contributed by atoms with Crippen molar-refractivity contribution in [3.8, 4) is 0 Å². The predicted molar refractivity (Wildman–Crippen MR) is 153 cm³/mol. The normalized spacial score (nSPS) is 13.3. The molecule has 14 heteroatoms. The highest BCUT2D eigenvalue weighted by atomic mass is 35.5. The Balaban J connectivity index is 1.74. The van der Waals surface area contributed by atoms with Crippen LogP contribution in [0.15, 0.2) is 48.5 Å². The lowest BCUT2D eigenvalue weighted by Gasteiger charge is -2.26. The molecule has 206 valence electrons. The molecule has 0 atom stereocenters. The van der Waals surface area contributed by atoms with Gasteiger partial charge in [-0.05, 0) is 61.0 Å². The molecule has 3 N–H and O–H groups in total. The second-order valence-electron chi connectivity index (χ2n) is 8.90. The quantitative estimate of drug-likeness (QED) is 0.329. The minimum atomic E-state index is -4.67. The molecule has 2 aromatic carbocycles. The van der Waals surface area contributed by atoms with Gasteiger partial charge < -0.3 is 15.0 Å². The summed E-state index contributed by atoms with van der Waals surface area (Å²) in [6.07, 6.45) is 0. The minimum Gasteiger partial charge on any atom is -0.463 e. The molecule has 2 heterocycles. The number of carbonyl (C=O) groups excluding carboxylic acids is 2. The van der Waals surface area contributed by atoms with Crippen molar-refractivity contribution in [2.24, 2.45) is 0 Å². The van der Waals surface area contributed by atoms with E-state index in [4.69, 9.17) is 21.7 Å². The largest absolute Gasteiger partial charge is 0.463 e. The van der Waals surface area contributed by atoms with E-state index in [0.717, 1.165) is 21.9 Å². The van der Waals surface area contributed by atoms with Crippen molar-refractivity contribution < 1.29 is 27.3 Å². The lowest BCUT2D eigenvalue weighted by Crippen LogP contribution is -2.37. The summed E-state index contributed by atoms with van der Waals surface area (Å²) in [6.45, 7) is 2.72. The van der Waals surface area contributed by atoms with Crippen LogP contribution in [0, 0.1) is 12.3 Å². The van der Waals surface area contributed by atoms with Crippen LogP contribution in [0.4, 0.5) is 22.7 Å². The molecule has 0 unspecified atom stereocenters. The summed E-state index contributed by atoms with van der Waals surface area (Å²) in [7, 11) is -1.10. The first-order valence-corrected chi connectivity index (χ1v) is 14.4. The summed E-state index contributed by atoms with van der Waals surface area (Å²) in [6, 6.07) is 12.9. The number of hydrogen-bond donors (Lipinski definition) is 3. The smallest absolute Gasteiger partial charge is 0.289 e. The van der Waals surface area contributed by atoms with Crippen molar-refractivity contribution in [1.82, 2.24) is 0 Å². The molecule has 0 bridgehead atoms. The number of nitrogens with one attached hydrogen (secondary N) is 2. The third-order valence-electron chi connectivity index (χ3n) is 5.89. The zero-order valence-corrected chi connectivity index (χ0v) is 23.7. The molecule has 3 aromatic rings. The van der Waals surface area contributed by atoms with Crippen LogP contribution in [-0.2, 0) is 14.9 Å². The van der Waals surface area contributed by atoms with Crippen molar-refractivity contribution in [1.29, 1.82) is 5.41 Å². The number of carbonyl (C=O) groups is 2. The first-order chi connectivity index (χ1) is 18.3. The number of aryl methyl sites for hydroxylation is 1. The fourth-order valence-electron chi connectivity index (χ4n) is 4.11. The number of thiophene rings is 1. The van der Waals surface area contributed by atoms with Gasteiger partial charge in [0.25, 0.3) is 28.0 Å². The van der Waals surface area contributed by atoms with Crippen molar-refractivity contribution in [2.45, 2.75) is 6.92 Å². The summed E-state index contributed by atoms with van der Waals surface area (Å²) < 4.78 is 39.1. The summed E-state index contributed by atoms with van der Waals surface area (Å²) in [5.41, 5.74) is 2.52. The zero-order valence-electron chi connectivity index (χ0n) is 21.3. The molecule has 2 amide bonds. The van der Waals surface area contributed by atoms with Crippen molar-refractivity contribution in [2.75, 3.05) is 53.1 Å². The van der Waals surface area contributed by atoms with Crippen LogP contribution in [0.25, 0.3) is 0 Å². The number of halogens is 1. The van der Waals surface area contributed by atoms with Crippen LogP contribution in [0.5, 0.6) is 0 Å². The molecule has 0 aliphatic carbocycles. The van der Waals surface area contributed by atoms with Crippen molar-refractivity contribution in [3.05, 3.63) is 68.9 Å². The van der Waals surface area contributed by atoms with E-state index < -0.39 is 27.8 Å². The van der Waals surface area contributed by atoms with E-state index in [-0.39, 0.29) is 22.1 Å². The number of nitrogens with zero attached hydrogens (tertiary/aromatic N) is 3. The second kappa shape index (κ2) is 11.2. The molecule has 1 fully saturated rings. The van der Waals surface area contributed by atoms with E-state index in [9.17, 15) is 22.6 Å². The Morgan fingerprint density at radius 3 is 2.38 bits per heavy atom. The van der Waals surface area contributed by atoms with Gasteiger partial charge in [0.15, 0.2) is 5.88 Å². The summed E-state index contributed by atoms with van der Waals surface area (Å²) in [4.78, 5) is 31.5. The van der Waals surface area contributed by atoms with E-state index in [1.807, 2.05) is 0 Å². The third-order valence-corrected chi connectivity index (χ3v) is 7.69. The summed E-state index contributed by atoms with van der Waals surface area (Å²) in [5, 5.41) is 10.6. The van der Waals surface area contributed by atoms with Gasteiger partial charge in [-0.25, -0.2) is 0 Å². The average molecular weight is 592 g/mol. The topological polar surface area (TPSA) is 143 Å². The Labute approximate surface area is 234 Å². The van der Waals surface area contributed by atoms with E-state index >= 15 is 0 Å². The highest BCUT2D eigenvalue weighted by molar-refractivity contribution is 7.85. The number of amides is 2. The Kier molecular flexibility index (Phi) is 8.16. The van der Waals surface area contributed by atoms with Crippen LogP contribution in [0.2, 0.25) is 4.34 Å². The molecular weight excluding hydrogens is 566 g/mol. The predicted octanol–water partition coefficient (Wildman–Crippen LogP) is 4.29. The maximum absolute atomic E-state index is 13.6. The zero-order chi connectivity index (χ0) is 28.5. The molecule has 0 radical (unpaired) electrons. The molecule has 1 aromatic heterocycles. The number of anilines is 4. The Hall–Kier alpha value is -3.65. The third kappa shape index (κ3) is 6.50. The number of rotatable bonds is 8. The lowest BCUT2D eigenvalue weighted by molar-refractivity contribution is 0.0994. The van der Waals surface area contributed by atoms with E-state index in [1.54, 1.807) is 61.2 Å². The maximum atomic E-state index is 13.6. The fourth-order valence-corrected chi connectivity index (χ4v) is 5.69. The van der Waals surface area contributed by atoms with E-state index in [2.05, 4.69) is 5.32 Å². The molecule has 1 saturated heterocycles. The summed E-state index contributed by atoms with van der Waals surface area (Å²) >= 11 is 6.94. The van der Waals surface area contributed by atoms with Crippen LogP contribution in [0.1, 0.15) is 25.6 Å². The monoisotopic (exact) mass is 591 g/mol. The maximum Gasteiger partial charge on any atom is 0.289 e. The first-order valence-electron chi connectivity index (χ1n) is 11.6. The number of benzene rings is 2. The molecular formula is C25H26ClN5O6S2. The Morgan fingerprint density at radius 1 is 1.15 bits per heavy atom. The fraction of sp³-hybridized carbons (Fsp3) is 0.240. The SMILES string of the molecule is Cc1cc(N(CS(=O)(=O)O)C(=O)c2ccc(Cl)s2)c(C(=O)Nc2ccc(N3CCOC3=N)cc2)cc1N(C)C. The lowest BCUT2D eigenvalue weighted by atomic mass is 10.0. The Morgan fingerprint density at radius 2 is 1.85 bits per heavy atom. The van der Waals surface area contributed by atoms with E-state index in [1.165, 1.54) is 18.2 Å². The molecule has 4 rings (SSSR count). The van der Waals surface area contributed by atoms with Gasteiger partial charge in [-0.3, -0.25) is 29.4 Å². The van der Waals surface area contributed by atoms with E-state index in [0.29, 0.717) is 34.4 Å². The van der Waals surface area contributed by atoms with Gasteiger partial charge in [-0.2, -0.15) is 8.42 Å². The van der Waals surface area contributed by atoms with Gasteiger partial charge >= 0.3 is 0 Å². The molecule has 0 spiro atoms. The number of amidine groups is 1. The molecule has 1 aliphatic heterocycles. The van der Waals surface area contributed by atoms with Crippen molar-refractivity contribution in [3.63, 3.8) is 0 Å². The van der Waals surface area contributed by atoms with Gasteiger partial charge in [-0.1, -0.05) is 11.6 Å². The molecule has 0 saturated carbocycles. The molecule has 1 aliphatic rings. The van der Waals surface area contributed by atoms with Gasteiger partial charge in [-0.15, -0.1) is 11.3 Å². The van der Waals surface area contributed by atoms with Crippen LogP contribution < -0.4 is 20.0 Å². The Bertz CT molecular complexity index is 1540. The van der Waals surface area contributed by atoms with Gasteiger partial charge in [0.2, 0.25) is 0 Å². The molecule has 39 heavy (non-hydrogen) atoms. The van der Waals surface area contributed by atoms with Crippen molar-refractivity contribution >= 4 is 73.6 Å². The average Bonchev–Trinajstić information content (AvgIpc) is 3.49. The van der Waals surface area contributed by atoms with Gasteiger partial charge in [0.1, 0.15) is 6.61 Å². The highest BCUT2D eigenvalue weighted by Crippen LogP contribution is 2.33. The van der Waals surface area contributed by atoms with Crippen LogP contribution >= 0.6 is 22.9 Å². The highest BCUT2D eigenvalue weighted by Gasteiger charge is 2.29. The summed E-state index contributed by atoms with van der Waals surface area (Å²) in [5.74, 6) is -2.41. The van der Waals surface area contributed by atoms with Crippen LogP contribution in [-0.4, -0.2) is 63.9 Å². The standard InChI is InChI=1S/C25H26ClN5O6S2/c1-15-12-20(31(14-39(34,35)36)24(33)21-8-9-22(26)38-21)18(13-19(15)29(2)3)23(32)28-16-4-6-17(7-5-16)30-10-11-37-25(30)27/h4-9,12-13,27H,10-11,14H2,1-3H3,(H,28,32)(H,34,35,36). The number of hydrogen-bond acceptors (Lipinski definition) is 8. The second-order valence-corrected chi connectivity index (χ2v) is 12.0. The van der Waals surface area contributed by atoms with Gasteiger partial charge in [0.05, 0.1) is 27.0 Å². The van der Waals surface area contributed by atoms with Gasteiger partial charge in [0, 0.05) is 31.2 Å². The molecule has 11 nitrogen and oxygen atoms in total.